The van der Waals surface area contributed by atoms with Crippen LogP contribution in [0.4, 0.5) is 5.69 Å². The van der Waals surface area contributed by atoms with Gasteiger partial charge in [-0.3, -0.25) is 4.79 Å². The maximum absolute atomic E-state index is 11.5. The highest BCUT2D eigenvalue weighted by Gasteiger charge is 2.08. The van der Waals surface area contributed by atoms with Crippen molar-refractivity contribution in [3.63, 3.8) is 0 Å². The van der Waals surface area contributed by atoms with E-state index in [9.17, 15) is 4.79 Å². The van der Waals surface area contributed by atoms with Crippen LogP contribution < -0.4 is 10.6 Å². The SMILES string of the molecule is N#CCCNC(=O)CNc1c(Br)cc(Br)cc1Br. The number of anilines is 1. The molecule has 0 aromatic heterocycles. The number of nitrogens with one attached hydrogen (secondary N) is 2. The van der Waals surface area contributed by atoms with Crippen LogP contribution in [0.3, 0.4) is 0 Å². The van der Waals surface area contributed by atoms with E-state index in [2.05, 4.69) is 58.4 Å². The fraction of sp³-hybridized carbons (Fsp3) is 0.273. The third-order valence-electron chi connectivity index (χ3n) is 1.99. The second-order valence-corrected chi connectivity index (χ2v) is 5.98. The lowest BCUT2D eigenvalue weighted by Crippen LogP contribution is -2.30. The maximum Gasteiger partial charge on any atom is 0.239 e. The summed E-state index contributed by atoms with van der Waals surface area (Å²) in [5.41, 5.74) is 0.814. The summed E-state index contributed by atoms with van der Waals surface area (Å²) >= 11 is 10.2. The number of hydrogen-bond donors (Lipinski definition) is 2. The molecule has 1 aromatic carbocycles. The Bertz CT molecular complexity index is 462. The van der Waals surface area contributed by atoms with Gasteiger partial charge in [0.2, 0.25) is 5.91 Å². The van der Waals surface area contributed by atoms with Crippen LogP contribution in [0.2, 0.25) is 0 Å². The van der Waals surface area contributed by atoms with Gasteiger partial charge in [-0.1, -0.05) is 15.9 Å². The topological polar surface area (TPSA) is 64.9 Å². The van der Waals surface area contributed by atoms with Crippen LogP contribution in [-0.2, 0) is 4.79 Å². The Morgan fingerprint density at radius 3 is 2.44 bits per heavy atom. The minimum atomic E-state index is -0.146. The molecule has 7 heteroatoms. The minimum Gasteiger partial charge on any atom is -0.374 e. The lowest BCUT2D eigenvalue weighted by Gasteiger charge is -2.11. The Balaban J connectivity index is 2.54. The minimum absolute atomic E-state index is 0.146. The number of halogens is 3. The van der Waals surface area contributed by atoms with Gasteiger partial charge in [-0.25, -0.2) is 0 Å². The second kappa shape index (κ2) is 7.77. The summed E-state index contributed by atoms with van der Waals surface area (Å²) in [6, 6.07) is 5.75. The monoisotopic (exact) mass is 437 g/mol. The summed E-state index contributed by atoms with van der Waals surface area (Å²) in [7, 11) is 0. The average Bonchev–Trinajstić information content (AvgIpc) is 2.27. The molecule has 0 bridgehead atoms. The van der Waals surface area contributed by atoms with Crippen molar-refractivity contribution in [2.24, 2.45) is 0 Å². The third kappa shape index (κ3) is 4.96. The highest BCUT2D eigenvalue weighted by Crippen LogP contribution is 2.34. The van der Waals surface area contributed by atoms with Crippen LogP contribution in [0.5, 0.6) is 0 Å². The molecule has 0 fully saturated rings. The number of rotatable bonds is 5. The molecule has 4 nitrogen and oxygen atoms in total. The predicted octanol–water partition coefficient (Wildman–Crippen LogP) is 3.42. The molecule has 0 saturated heterocycles. The number of nitriles is 1. The highest BCUT2D eigenvalue weighted by atomic mass is 79.9. The zero-order valence-electron chi connectivity index (χ0n) is 9.27. The highest BCUT2D eigenvalue weighted by molar-refractivity contribution is 9.11. The zero-order chi connectivity index (χ0) is 13.5. The smallest absolute Gasteiger partial charge is 0.239 e. The summed E-state index contributed by atoms with van der Waals surface area (Å²) < 4.78 is 2.65. The molecule has 0 heterocycles. The lowest BCUT2D eigenvalue weighted by atomic mass is 10.3. The van der Waals surface area contributed by atoms with Crippen LogP contribution in [-0.4, -0.2) is 19.0 Å². The fourth-order valence-corrected chi connectivity index (χ4v) is 3.74. The lowest BCUT2D eigenvalue weighted by molar-refractivity contribution is -0.119. The van der Waals surface area contributed by atoms with E-state index in [1.54, 1.807) is 0 Å². The molecule has 1 amide bonds. The van der Waals surface area contributed by atoms with E-state index < -0.39 is 0 Å². The van der Waals surface area contributed by atoms with Crippen LogP contribution in [0.25, 0.3) is 0 Å². The molecule has 1 aromatic rings. The Morgan fingerprint density at radius 1 is 1.28 bits per heavy atom. The van der Waals surface area contributed by atoms with Crippen LogP contribution in [0, 0.1) is 11.3 Å². The molecule has 0 radical (unpaired) electrons. The van der Waals surface area contributed by atoms with Gasteiger partial charge in [0, 0.05) is 20.0 Å². The summed E-state index contributed by atoms with van der Waals surface area (Å²) in [5.74, 6) is -0.146. The third-order valence-corrected chi connectivity index (χ3v) is 3.70. The Hall–Kier alpha value is -0.580. The van der Waals surface area contributed by atoms with Gasteiger partial charge >= 0.3 is 0 Å². The number of hydrogen-bond acceptors (Lipinski definition) is 3. The Labute approximate surface area is 131 Å². The molecule has 0 aliphatic heterocycles. The van der Waals surface area contributed by atoms with Crippen molar-refractivity contribution in [3.8, 4) is 6.07 Å². The number of nitrogens with zero attached hydrogens (tertiary/aromatic N) is 1. The van der Waals surface area contributed by atoms with E-state index in [1.807, 2.05) is 18.2 Å². The zero-order valence-corrected chi connectivity index (χ0v) is 14.0. The standard InChI is InChI=1S/C11H10Br3N3O/c12-7-4-8(13)11(9(14)5-7)17-6-10(18)16-3-1-2-15/h4-5,17H,1,3,6H2,(H,16,18). The van der Waals surface area contributed by atoms with E-state index in [0.29, 0.717) is 13.0 Å². The maximum atomic E-state index is 11.5. The van der Waals surface area contributed by atoms with Crippen LogP contribution >= 0.6 is 47.8 Å². The fourth-order valence-electron chi connectivity index (χ4n) is 1.20. The number of carbonyl (C=O) groups excluding carboxylic acids is 1. The molecule has 0 unspecified atom stereocenters. The van der Waals surface area contributed by atoms with Gasteiger partial charge in [-0.15, -0.1) is 0 Å². The normalized spacial score (nSPS) is 9.67. The van der Waals surface area contributed by atoms with E-state index in [-0.39, 0.29) is 12.5 Å². The van der Waals surface area contributed by atoms with Crippen molar-refractivity contribution >= 4 is 59.4 Å². The largest absolute Gasteiger partial charge is 0.374 e. The molecule has 1 rings (SSSR count). The Kier molecular flexibility index (Phi) is 6.68. The first-order valence-corrected chi connectivity index (χ1v) is 7.44. The van der Waals surface area contributed by atoms with E-state index in [4.69, 9.17) is 5.26 Å². The molecular weight excluding hydrogens is 430 g/mol. The van der Waals surface area contributed by atoms with E-state index in [1.165, 1.54) is 0 Å². The molecule has 0 atom stereocenters. The average molecular weight is 440 g/mol. The van der Waals surface area contributed by atoms with E-state index in [0.717, 1.165) is 19.1 Å². The van der Waals surface area contributed by atoms with Crippen molar-refractivity contribution in [2.45, 2.75) is 6.42 Å². The van der Waals surface area contributed by atoms with Gasteiger partial charge in [-0.05, 0) is 44.0 Å². The summed E-state index contributed by atoms with van der Waals surface area (Å²) in [5, 5.41) is 14.0. The Morgan fingerprint density at radius 2 is 1.89 bits per heavy atom. The van der Waals surface area contributed by atoms with Gasteiger partial charge in [-0.2, -0.15) is 5.26 Å². The molecule has 0 saturated carbocycles. The number of amides is 1. The second-order valence-electron chi connectivity index (χ2n) is 3.36. The van der Waals surface area contributed by atoms with Crippen LogP contribution in [0.15, 0.2) is 25.6 Å². The summed E-state index contributed by atoms with van der Waals surface area (Å²) in [6.45, 7) is 0.532. The molecule has 18 heavy (non-hydrogen) atoms. The van der Waals surface area contributed by atoms with Crippen molar-refractivity contribution in [1.29, 1.82) is 5.26 Å². The van der Waals surface area contributed by atoms with E-state index >= 15 is 0 Å². The van der Waals surface area contributed by atoms with Gasteiger partial charge in [0.25, 0.3) is 0 Å². The predicted molar refractivity (Wildman–Crippen MR) is 81.3 cm³/mol. The summed E-state index contributed by atoms with van der Waals surface area (Å²) in [4.78, 5) is 11.5. The van der Waals surface area contributed by atoms with Crippen molar-refractivity contribution in [2.75, 3.05) is 18.4 Å². The summed E-state index contributed by atoms with van der Waals surface area (Å²) in [6.07, 6.45) is 0.317. The van der Waals surface area contributed by atoms with Crippen molar-refractivity contribution in [3.05, 3.63) is 25.6 Å². The number of benzene rings is 1. The molecular formula is C11H10Br3N3O. The van der Waals surface area contributed by atoms with Gasteiger partial charge in [0.05, 0.1) is 24.7 Å². The quantitative estimate of drug-likeness (QED) is 0.691. The first-order chi connectivity index (χ1) is 8.54. The first-order valence-electron chi connectivity index (χ1n) is 5.06. The molecule has 2 N–H and O–H groups in total. The van der Waals surface area contributed by atoms with Gasteiger partial charge < -0.3 is 10.6 Å². The van der Waals surface area contributed by atoms with Gasteiger partial charge in [0.15, 0.2) is 0 Å². The number of carbonyl (C=O) groups is 1. The molecule has 96 valence electrons. The van der Waals surface area contributed by atoms with Crippen molar-refractivity contribution in [1.82, 2.24) is 5.32 Å². The molecule has 0 aliphatic carbocycles. The van der Waals surface area contributed by atoms with Crippen molar-refractivity contribution < 1.29 is 4.79 Å². The first kappa shape index (κ1) is 15.5. The van der Waals surface area contributed by atoms with Crippen LogP contribution in [0.1, 0.15) is 6.42 Å². The van der Waals surface area contributed by atoms with Gasteiger partial charge in [0.1, 0.15) is 0 Å². The molecule has 0 spiro atoms. The molecule has 0 aliphatic rings.